The number of hydrogen-bond acceptors (Lipinski definition) is 4. The third-order valence-electron chi connectivity index (χ3n) is 23.0. The van der Waals surface area contributed by atoms with Crippen LogP contribution in [-0.4, -0.2) is 0 Å². The number of hydrogen-bond donors (Lipinski definition) is 1. The van der Waals surface area contributed by atoms with Crippen molar-refractivity contribution in [3.05, 3.63) is 476 Å². The molecule has 5 heteroatoms. The van der Waals surface area contributed by atoms with E-state index in [1.165, 1.54) is 117 Å². The van der Waals surface area contributed by atoms with E-state index in [0.29, 0.717) is 0 Å². The van der Waals surface area contributed by atoms with Gasteiger partial charge in [-0.05, 0) is 209 Å². The van der Waals surface area contributed by atoms with Crippen molar-refractivity contribution in [2.75, 3.05) is 10.2 Å². The van der Waals surface area contributed by atoms with E-state index in [0.717, 1.165) is 72.6 Å². The molecule has 0 radical (unpaired) electrons. The maximum atomic E-state index is 6.66. The molecule has 4 nitrogen and oxygen atoms in total. The highest BCUT2D eigenvalue weighted by molar-refractivity contribution is 9.10. The van der Waals surface area contributed by atoms with E-state index in [-0.39, 0.29) is 10.8 Å². The van der Waals surface area contributed by atoms with Crippen molar-refractivity contribution in [1.82, 2.24) is 0 Å². The average Bonchev–Trinajstić information content (AvgIpc) is 0.742. The van der Waals surface area contributed by atoms with Gasteiger partial charge in [-0.2, -0.15) is 0 Å². The molecule has 572 valence electrons. The van der Waals surface area contributed by atoms with Gasteiger partial charge in [0.25, 0.3) is 0 Å². The number of nitrogens with zero attached hydrogens (tertiary/aromatic N) is 1. The zero-order valence-corrected chi connectivity index (χ0v) is 68.5. The molecule has 0 aliphatic carbocycles. The summed E-state index contributed by atoms with van der Waals surface area (Å²) >= 11 is 3.50. The van der Waals surface area contributed by atoms with Gasteiger partial charge in [0.15, 0.2) is 0 Å². The highest BCUT2D eigenvalue weighted by Gasteiger charge is 2.37. The molecule has 2 heterocycles. The number of nitrogens with one attached hydrogen (secondary N) is 1. The molecule has 18 aromatic rings. The number of benzene rings is 18. The van der Waals surface area contributed by atoms with Crippen molar-refractivity contribution in [3.63, 3.8) is 0 Å². The second kappa shape index (κ2) is 33.8. The van der Waals surface area contributed by atoms with E-state index in [2.05, 4.69) is 497 Å². The lowest BCUT2D eigenvalue weighted by molar-refractivity contribution is 0.419. The average molecular weight is 1600 g/mol. The van der Waals surface area contributed by atoms with Crippen molar-refractivity contribution < 1.29 is 9.47 Å². The molecule has 2 aliphatic heterocycles. The van der Waals surface area contributed by atoms with Crippen LogP contribution in [0.4, 0.5) is 28.4 Å². The Kier molecular flexibility index (Phi) is 21.6. The van der Waals surface area contributed by atoms with Gasteiger partial charge >= 0.3 is 0 Å². The fourth-order valence-corrected chi connectivity index (χ4v) is 16.8. The number of para-hydroxylation sites is 4. The van der Waals surface area contributed by atoms with E-state index >= 15 is 0 Å². The standard InChI is InChI=1S/C57H43NO.C36H27N.C21H17BrO/c1-57(2)53-23-9-10-25-55(53)59-56-52(22-13-24-54(56)57)44-30-36-51(37-31-44)58(49-32-26-42(27-33-49)47-20-11-18-45(38-47)40-14-5-3-6-15-40)50-34-28-43(29-35-50)48-21-12-19-46(39-48)41-16-7-4-8-17-41;1-3-9-27(10-4-1)31-13-7-15-33(25-31)29-17-21-35(22-18-29)37-36-23-19-30(20-24-36)34-16-8-14-32(26-34)28-11-5-2-6-12-28;1-21(2)17-7-3-4-9-19(17)23-20-16(6-5-8-18(20)21)14-10-12-15(22)13-11-14/h3-39H,1-2H3;1-26,37H;3-13H,1-2H3. The summed E-state index contributed by atoms with van der Waals surface area (Å²) in [4.78, 5) is 2.34. The number of halogens is 1. The van der Waals surface area contributed by atoms with Crippen molar-refractivity contribution in [2.45, 2.75) is 38.5 Å². The van der Waals surface area contributed by atoms with Gasteiger partial charge in [0.1, 0.15) is 23.0 Å². The zero-order chi connectivity index (χ0) is 80.7. The second-order valence-electron chi connectivity index (χ2n) is 31.4. The molecular formula is C114H87BrN2O2. The van der Waals surface area contributed by atoms with Crippen LogP contribution in [0.25, 0.3) is 111 Å². The summed E-state index contributed by atoms with van der Waals surface area (Å²) in [7, 11) is 0. The maximum absolute atomic E-state index is 6.66. The van der Waals surface area contributed by atoms with Crippen LogP contribution >= 0.6 is 15.9 Å². The van der Waals surface area contributed by atoms with Crippen LogP contribution in [0.15, 0.2) is 453 Å². The summed E-state index contributed by atoms with van der Waals surface area (Å²) < 4.78 is 14.1. The topological polar surface area (TPSA) is 33.7 Å². The number of ether oxygens (including phenoxy) is 2. The van der Waals surface area contributed by atoms with Crippen LogP contribution in [0.2, 0.25) is 0 Å². The van der Waals surface area contributed by atoms with Gasteiger partial charge in [0.2, 0.25) is 0 Å². The summed E-state index contributed by atoms with van der Waals surface area (Å²) in [6.45, 7) is 9.10. The van der Waals surface area contributed by atoms with Crippen molar-refractivity contribution in [1.29, 1.82) is 0 Å². The Morgan fingerprint density at radius 3 is 0.739 bits per heavy atom. The predicted molar refractivity (Wildman–Crippen MR) is 503 cm³/mol. The zero-order valence-electron chi connectivity index (χ0n) is 66.9. The highest BCUT2D eigenvalue weighted by Crippen LogP contribution is 2.54. The Hall–Kier alpha value is -14.4. The minimum atomic E-state index is -0.180. The Morgan fingerprint density at radius 2 is 0.437 bits per heavy atom. The van der Waals surface area contributed by atoms with E-state index in [1.807, 2.05) is 6.07 Å². The van der Waals surface area contributed by atoms with Gasteiger partial charge in [-0.1, -0.05) is 383 Å². The van der Waals surface area contributed by atoms with Crippen LogP contribution < -0.4 is 19.7 Å². The van der Waals surface area contributed by atoms with Gasteiger partial charge in [0.05, 0.1) is 0 Å². The molecule has 0 bridgehead atoms. The number of rotatable bonds is 15. The maximum Gasteiger partial charge on any atom is 0.139 e. The first-order chi connectivity index (χ1) is 58.4. The third-order valence-corrected chi connectivity index (χ3v) is 23.6. The van der Waals surface area contributed by atoms with Crippen molar-refractivity contribution in [3.8, 4) is 134 Å². The van der Waals surface area contributed by atoms with Gasteiger partial charge in [-0.3, -0.25) is 0 Å². The molecule has 0 fully saturated rings. The SMILES string of the molecule is CC1(C)c2ccccc2Oc2c(-c3ccc(Br)cc3)cccc21.CC1(C)c2ccccc2Oc2c(-c3ccc(N(c4ccc(-c5cccc(-c6ccccc6)c5)cc4)c4ccc(-c5cccc(-c6ccccc6)c5)cc4)cc3)cccc21.c1ccc(-c2cccc(-c3ccc(Nc4ccc(-c5cccc(-c6ccccc6)c5)cc4)cc3)c2)cc1. The molecule has 18 aromatic carbocycles. The lowest BCUT2D eigenvalue weighted by Gasteiger charge is -2.35. The Bertz CT molecular complexity index is 6320. The van der Waals surface area contributed by atoms with Gasteiger partial charge in [-0.25, -0.2) is 0 Å². The largest absolute Gasteiger partial charge is 0.456 e. The smallest absolute Gasteiger partial charge is 0.139 e. The van der Waals surface area contributed by atoms with Crippen LogP contribution in [0.1, 0.15) is 49.9 Å². The van der Waals surface area contributed by atoms with E-state index in [1.54, 1.807) is 0 Å². The summed E-state index contributed by atoms with van der Waals surface area (Å²) in [6, 6.07) is 159. The molecule has 2 aliphatic rings. The Balaban J connectivity index is 0.000000137. The molecule has 0 saturated heterocycles. The first-order valence-electron chi connectivity index (χ1n) is 40.7. The van der Waals surface area contributed by atoms with Crippen LogP contribution in [0, 0.1) is 0 Å². The summed E-state index contributed by atoms with van der Waals surface area (Å²) in [5.74, 6) is 3.78. The van der Waals surface area contributed by atoms with Crippen LogP contribution in [0.5, 0.6) is 23.0 Å². The van der Waals surface area contributed by atoms with Crippen LogP contribution in [0.3, 0.4) is 0 Å². The van der Waals surface area contributed by atoms with E-state index in [4.69, 9.17) is 9.47 Å². The van der Waals surface area contributed by atoms with E-state index < -0.39 is 0 Å². The summed E-state index contributed by atoms with van der Waals surface area (Å²) in [5, 5.41) is 3.54. The second-order valence-corrected chi connectivity index (χ2v) is 32.3. The summed E-state index contributed by atoms with van der Waals surface area (Å²) in [5.41, 5.74) is 33.9. The fourth-order valence-electron chi connectivity index (χ4n) is 16.6. The minimum absolute atomic E-state index is 0.0739. The van der Waals surface area contributed by atoms with Gasteiger partial charge in [-0.15, -0.1) is 0 Å². The van der Waals surface area contributed by atoms with E-state index in [9.17, 15) is 0 Å². The molecule has 0 unspecified atom stereocenters. The molecule has 0 atom stereocenters. The van der Waals surface area contributed by atoms with Gasteiger partial charge in [0, 0.05) is 77.1 Å². The van der Waals surface area contributed by atoms with Crippen molar-refractivity contribution >= 4 is 44.4 Å². The van der Waals surface area contributed by atoms with Gasteiger partial charge < -0.3 is 19.7 Å². The quantitative estimate of drug-likeness (QED) is 0.111. The number of anilines is 5. The first kappa shape index (κ1) is 76.0. The monoisotopic (exact) mass is 1590 g/mol. The minimum Gasteiger partial charge on any atom is -0.456 e. The highest BCUT2D eigenvalue weighted by atomic mass is 79.9. The molecule has 20 rings (SSSR count). The third kappa shape index (κ3) is 16.4. The van der Waals surface area contributed by atoms with Crippen molar-refractivity contribution in [2.24, 2.45) is 0 Å². The molecule has 0 spiro atoms. The number of fused-ring (bicyclic) bond motifs is 4. The lowest BCUT2D eigenvalue weighted by Crippen LogP contribution is -2.24. The Labute approximate surface area is 707 Å². The normalized spacial score (nSPS) is 12.3. The predicted octanol–water partition coefficient (Wildman–Crippen LogP) is 32.6. The molecule has 0 aromatic heterocycles. The Morgan fingerprint density at radius 1 is 0.210 bits per heavy atom. The summed E-state index contributed by atoms with van der Waals surface area (Å²) in [6.07, 6.45) is 0. The first-order valence-corrected chi connectivity index (χ1v) is 41.5. The molecular weight excluding hydrogens is 1510 g/mol. The molecule has 119 heavy (non-hydrogen) atoms. The lowest BCUT2D eigenvalue weighted by atomic mass is 9.75. The fraction of sp³-hybridized carbons (Fsp3) is 0.0526. The molecule has 1 N–H and O–H groups in total. The molecule has 0 amide bonds. The molecule has 0 saturated carbocycles. The van der Waals surface area contributed by atoms with Crippen LogP contribution in [-0.2, 0) is 10.8 Å².